The van der Waals surface area contributed by atoms with Crippen LogP contribution in [0.3, 0.4) is 0 Å². The van der Waals surface area contributed by atoms with Gasteiger partial charge in [0, 0.05) is 32.8 Å². The molecule has 0 aliphatic carbocycles. The van der Waals surface area contributed by atoms with Crippen molar-refractivity contribution in [1.82, 2.24) is 9.13 Å². The maximum Gasteiger partial charge on any atom is 0.0645 e. The molecule has 8 aromatic carbocycles. The van der Waals surface area contributed by atoms with E-state index in [1.807, 2.05) is 109 Å². The van der Waals surface area contributed by atoms with E-state index in [4.69, 9.17) is 2.74 Å². The van der Waals surface area contributed by atoms with Crippen LogP contribution in [0.1, 0.15) is 9.60 Å². The largest absolute Gasteiger partial charge is 0.309 e. The molecule has 2 heteroatoms. The van der Waals surface area contributed by atoms with E-state index in [9.17, 15) is 6.85 Å². The summed E-state index contributed by atoms with van der Waals surface area (Å²) in [5.74, 6) is 0. The van der Waals surface area contributed by atoms with Gasteiger partial charge in [-0.25, -0.2) is 0 Å². The van der Waals surface area contributed by atoms with Crippen molar-refractivity contribution in [3.05, 3.63) is 194 Å². The average molecular weight is 644 g/mol. The first kappa shape index (κ1) is 22.1. The second-order valence-electron chi connectivity index (χ2n) is 12.4. The van der Waals surface area contributed by atoms with Crippen LogP contribution in [0.5, 0.6) is 0 Å². The molecule has 2 nitrogen and oxygen atoms in total. The molecule has 0 spiro atoms. The Hall–Kier alpha value is -6.64. The maximum atomic E-state index is 9.86. The third-order valence-electron chi connectivity index (χ3n) is 9.56. The van der Waals surface area contributed by atoms with Gasteiger partial charge in [-0.3, -0.25) is 0 Å². The fourth-order valence-corrected chi connectivity index (χ4v) is 7.27. The molecule has 0 amide bonds. The van der Waals surface area contributed by atoms with E-state index in [0.717, 1.165) is 49.7 Å². The van der Waals surface area contributed by atoms with Crippen LogP contribution in [0.25, 0.3) is 88.4 Å². The van der Waals surface area contributed by atoms with Crippen LogP contribution in [0.2, 0.25) is 0 Å². The minimum atomic E-state index is -0.422. The zero-order chi connectivity index (χ0) is 39.1. The van der Waals surface area contributed by atoms with Gasteiger partial charge in [0.1, 0.15) is 0 Å². The third kappa shape index (κ3) is 4.50. The molecule has 0 aliphatic heterocycles. The fraction of sp³-hybridized carbons (Fsp3) is 0. The van der Waals surface area contributed by atoms with Crippen molar-refractivity contribution in [2.75, 3.05) is 0 Å². The van der Waals surface area contributed by atoms with Crippen molar-refractivity contribution in [2.45, 2.75) is 0 Å². The molecule has 234 valence electrons. The van der Waals surface area contributed by atoms with E-state index in [2.05, 4.69) is 47.0 Å². The number of rotatable bonds is 5. The SMILES string of the molecule is [2H]c1c([2H])c([2H])c2c(c1[2H])c1c([2H])c(-c3ccc4c(c3)c3cc(-c5ccccc5)ccc3n4-c3ccccc3)c([2H])c([2H])c1n2-c1ccccc1-c1ccccc1. The van der Waals surface area contributed by atoms with Crippen molar-refractivity contribution in [2.24, 2.45) is 0 Å². The molecule has 0 aliphatic rings. The molecule has 0 saturated carbocycles. The van der Waals surface area contributed by atoms with Gasteiger partial charge in [0.15, 0.2) is 0 Å². The number of hydrogen-bond donors (Lipinski definition) is 0. The molecule has 0 N–H and O–H groups in total. The molecule has 2 heterocycles. The van der Waals surface area contributed by atoms with Gasteiger partial charge >= 0.3 is 0 Å². The van der Waals surface area contributed by atoms with Gasteiger partial charge in [-0.1, -0.05) is 133 Å². The Morgan fingerprint density at radius 3 is 1.66 bits per heavy atom. The van der Waals surface area contributed by atoms with E-state index in [1.165, 1.54) is 0 Å². The predicted molar refractivity (Wildman–Crippen MR) is 211 cm³/mol. The molecular weight excluding hydrogens is 605 g/mol. The number of hydrogen-bond acceptors (Lipinski definition) is 0. The van der Waals surface area contributed by atoms with Crippen molar-refractivity contribution in [1.29, 1.82) is 0 Å². The quantitative estimate of drug-likeness (QED) is 0.177. The summed E-state index contributed by atoms with van der Waals surface area (Å²) in [7, 11) is 0. The van der Waals surface area contributed by atoms with Gasteiger partial charge in [-0.2, -0.15) is 0 Å². The molecule has 50 heavy (non-hydrogen) atoms. The Kier molecular flexibility index (Phi) is 5.08. The Bertz CT molecular complexity index is 3240. The second kappa shape index (κ2) is 11.5. The zero-order valence-electron chi connectivity index (χ0n) is 33.8. The molecule has 0 unspecified atom stereocenters. The fourth-order valence-electron chi connectivity index (χ4n) is 7.27. The number of nitrogens with zero attached hydrogens (tertiary/aromatic N) is 2. The highest BCUT2D eigenvalue weighted by atomic mass is 15.0. The molecule has 0 radical (unpaired) electrons. The zero-order valence-corrected chi connectivity index (χ0v) is 26.8. The predicted octanol–water partition coefficient (Wildman–Crippen LogP) is 12.9. The molecule has 10 rings (SSSR count). The average Bonchev–Trinajstić information content (AvgIpc) is 3.79. The third-order valence-corrected chi connectivity index (χ3v) is 9.56. The molecule has 2 aromatic heterocycles. The maximum absolute atomic E-state index is 9.86. The van der Waals surface area contributed by atoms with Crippen LogP contribution in [-0.2, 0) is 0 Å². The lowest BCUT2D eigenvalue weighted by Gasteiger charge is -2.14. The first-order valence-electron chi connectivity index (χ1n) is 20.1. The Morgan fingerprint density at radius 2 is 0.940 bits per heavy atom. The summed E-state index contributed by atoms with van der Waals surface area (Å²) in [4.78, 5) is 0. The summed E-state index contributed by atoms with van der Waals surface area (Å²) in [6.45, 7) is 0. The molecule has 0 bridgehead atoms. The molecular formula is C48H32N2. The van der Waals surface area contributed by atoms with E-state index in [-0.39, 0.29) is 57.6 Å². The highest BCUT2D eigenvalue weighted by molar-refractivity contribution is 6.13. The molecule has 0 saturated heterocycles. The van der Waals surface area contributed by atoms with Crippen LogP contribution >= 0.6 is 0 Å². The monoisotopic (exact) mass is 643 g/mol. The highest BCUT2D eigenvalue weighted by Gasteiger charge is 2.18. The first-order valence-corrected chi connectivity index (χ1v) is 16.6. The Morgan fingerprint density at radius 1 is 0.360 bits per heavy atom. The Balaban J connectivity index is 1.30. The van der Waals surface area contributed by atoms with E-state index >= 15 is 0 Å². The lowest BCUT2D eigenvalue weighted by molar-refractivity contribution is 1.18. The summed E-state index contributed by atoms with van der Waals surface area (Å²) >= 11 is 0. The topological polar surface area (TPSA) is 9.86 Å². The van der Waals surface area contributed by atoms with Crippen molar-refractivity contribution < 1.29 is 9.60 Å². The van der Waals surface area contributed by atoms with Crippen LogP contribution in [0.4, 0.5) is 0 Å². The summed E-state index contributed by atoms with van der Waals surface area (Å²) < 4.78 is 68.6. The normalized spacial score (nSPS) is 13.6. The summed E-state index contributed by atoms with van der Waals surface area (Å²) in [5, 5.41) is 2.25. The lowest BCUT2D eigenvalue weighted by Crippen LogP contribution is -1.97. The standard InChI is InChI=1S/C48H32N2/c1-4-14-33(15-5-1)35-24-27-46-42(30-35)43-32-37(25-28-47(43)49(46)38-18-8-3-9-19-38)36-26-29-48-41(31-36)40-21-11-13-23-45(40)50(48)44-22-12-10-20-39(44)34-16-6-2-7-17-34/h1-32H/i11D,13D,21D,23D,26D,29D,31D. The summed E-state index contributed by atoms with van der Waals surface area (Å²) in [6, 6.07) is 48.0. The van der Waals surface area contributed by atoms with Gasteiger partial charge in [0.25, 0.3) is 0 Å². The number of fused-ring (bicyclic) bond motifs is 6. The van der Waals surface area contributed by atoms with E-state index < -0.39 is 12.1 Å². The van der Waals surface area contributed by atoms with Crippen LogP contribution in [-0.4, -0.2) is 9.13 Å². The first-order chi connectivity index (χ1) is 27.7. The van der Waals surface area contributed by atoms with E-state index in [1.54, 1.807) is 4.57 Å². The van der Waals surface area contributed by atoms with Crippen molar-refractivity contribution in [3.63, 3.8) is 0 Å². The van der Waals surface area contributed by atoms with Crippen molar-refractivity contribution in [3.8, 4) is 44.8 Å². The second-order valence-corrected chi connectivity index (χ2v) is 12.4. The van der Waals surface area contributed by atoms with Gasteiger partial charge < -0.3 is 9.13 Å². The smallest absolute Gasteiger partial charge is 0.0645 e. The highest BCUT2D eigenvalue weighted by Crippen LogP contribution is 2.40. The lowest BCUT2D eigenvalue weighted by atomic mass is 9.99. The number of para-hydroxylation sites is 3. The summed E-state index contributed by atoms with van der Waals surface area (Å²) in [6.07, 6.45) is 0. The van der Waals surface area contributed by atoms with Gasteiger partial charge in [-0.05, 0) is 88.4 Å². The van der Waals surface area contributed by atoms with Gasteiger partial charge in [-0.15, -0.1) is 0 Å². The van der Waals surface area contributed by atoms with Crippen LogP contribution < -0.4 is 0 Å². The van der Waals surface area contributed by atoms with Gasteiger partial charge in [0.2, 0.25) is 0 Å². The Labute approximate surface area is 300 Å². The number of benzene rings is 8. The van der Waals surface area contributed by atoms with Crippen LogP contribution in [0.15, 0.2) is 194 Å². The van der Waals surface area contributed by atoms with Crippen molar-refractivity contribution >= 4 is 43.6 Å². The molecule has 0 atom stereocenters. The molecule has 10 aromatic rings. The van der Waals surface area contributed by atoms with Gasteiger partial charge in [0.05, 0.1) is 37.3 Å². The number of aromatic nitrogens is 2. The minimum absolute atomic E-state index is 0.0758. The van der Waals surface area contributed by atoms with Crippen LogP contribution in [0, 0.1) is 0 Å². The molecule has 0 fully saturated rings. The minimum Gasteiger partial charge on any atom is -0.309 e. The summed E-state index contributed by atoms with van der Waals surface area (Å²) in [5.41, 5.74) is 8.44. The van der Waals surface area contributed by atoms with E-state index in [0.29, 0.717) is 11.3 Å².